The molecule has 0 radical (unpaired) electrons. The summed E-state index contributed by atoms with van der Waals surface area (Å²) >= 11 is 6.38. The summed E-state index contributed by atoms with van der Waals surface area (Å²) in [6.45, 7) is 6.47. The summed E-state index contributed by atoms with van der Waals surface area (Å²) in [5.74, 6) is 1.64. The second-order valence-electron chi connectivity index (χ2n) is 11.4. The normalized spacial score (nSPS) is 21.1. The maximum Gasteiger partial charge on any atom is 0.439 e. The Morgan fingerprint density at radius 3 is 2.68 bits per heavy atom. The van der Waals surface area contributed by atoms with Gasteiger partial charge in [0, 0.05) is 44.6 Å². The van der Waals surface area contributed by atoms with Gasteiger partial charge in [0.1, 0.15) is 11.7 Å². The number of carbonyl (C=O) groups is 1. The van der Waals surface area contributed by atoms with Crippen LogP contribution in [0.2, 0.25) is 5.02 Å². The van der Waals surface area contributed by atoms with Crippen molar-refractivity contribution in [1.82, 2.24) is 34.6 Å². The second kappa shape index (κ2) is 11.3. The molecule has 1 amide bonds. The van der Waals surface area contributed by atoms with Gasteiger partial charge in [-0.05, 0) is 56.6 Å². The summed E-state index contributed by atoms with van der Waals surface area (Å²) in [5.41, 5.74) is 3.31. The van der Waals surface area contributed by atoms with Crippen molar-refractivity contribution >= 4 is 34.5 Å². The molecular weight excluding hydrogens is 544 g/mol. The molecule has 4 aromatic heterocycles. The minimum atomic E-state index is -0.663. The minimum absolute atomic E-state index is 0.105. The molecule has 6 rings (SSSR count). The number of rotatable bonds is 7. The molecule has 41 heavy (non-hydrogen) atoms. The molecule has 1 saturated heterocycles. The molecule has 0 aromatic carbocycles. The molecule has 1 atom stereocenters. The highest BCUT2D eigenvalue weighted by atomic mass is 35.5. The van der Waals surface area contributed by atoms with E-state index in [-0.39, 0.29) is 17.8 Å². The lowest BCUT2D eigenvalue weighted by molar-refractivity contribution is -0.130. The highest BCUT2D eigenvalue weighted by Gasteiger charge is 2.36. The first-order valence-corrected chi connectivity index (χ1v) is 14.8. The van der Waals surface area contributed by atoms with Crippen molar-refractivity contribution in [3.63, 3.8) is 0 Å². The summed E-state index contributed by atoms with van der Waals surface area (Å²) in [5, 5.41) is 4.36. The molecule has 2 fully saturated rings. The summed E-state index contributed by atoms with van der Waals surface area (Å²) in [7, 11) is 1.85. The Morgan fingerprint density at radius 2 is 1.98 bits per heavy atom. The van der Waals surface area contributed by atoms with E-state index in [0.717, 1.165) is 61.7 Å². The molecule has 2 aliphatic rings. The third-order valence-electron chi connectivity index (χ3n) is 8.59. The molecule has 0 spiro atoms. The highest BCUT2D eigenvalue weighted by Crippen LogP contribution is 2.38. The number of aromatic amines is 1. The second-order valence-corrected chi connectivity index (χ2v) is 11.8. The first-order chi connectivity index (χ1) is 19.8. The number of hydrogen-bond donors (Lipinski definition) is 1. The molecule has 1 aliphatic heterocycles. The number of pyridine rings is 2. The summed E-state index contributed by atoms with van der Waals surface area (Å²) < 4.78 is 7.03. The van der Waals surface area contributed by atoms with Crippen LogP contribution in [0.3, 0.4) is 0 Å². The van der Waals surface area contributed by atoms with E-state index >= 15 is 0 Å². The lowest BCUT2D eigenvalue weighted by Gasteiger charge is -2.31. The first kappa shape index (κ1) is 27.4. The van der Waals surface area contributed by atoms with Gasteiger partial charge in [-0.15, -0.1) is 0 Å². The third kappa shape index (κ3) is 5.35. The van der Waals surface area contributed by atoms with Gasteiger partial charge in [-0.1, -0.05) is 36.5 Å². The molecule has 11 nitrogen and oxygen atoms in total. The van der Waals surface area contributed by atoms with Crippen molar-refractivity contribution in [2.75, 3.05) is 25.0 Å². The van der Waals surface area contributed by atoms with Crippen LogP contribution in [-0.2, 0) is 11.3 Å². The lowest BCUT2D eigenvalue weighted by Crippen LogP contribution is -2.45. The Balaban J connectivity index is 1.56. The molecule has 0 bridgehead atoms. The Hall–Kier alpha value is -3.73. The zero-order valence-electron chi connectivity index (χ0n) is 23.6. The van der Waals surface area contributed by atoms with Gasteiger partial charge in [-0.25, -0.2) is 14.8 Å². The van der Waals surface area contributed by atoms with Crippen LogP contribution in [0.15, 0.2) is 33.8 Å². The van der Waals surface area contributed by atoms with Crippen LogP contribution in [-0.4, -0.2) is 66.6 Å². The maximum atomic E-state index is 13.4. The zero-order chi connectivity index (χ0) is 28.7. The van der Waals surface area contributed by atoms with Gasteiger partial charge in [0.15, 0.2) is 0 Å². The minimum Gasteiger partial charge on any atom is -0.344 e. The molecule has 1 N–H and O–H groups in total. The van der Waals surface area contributed by atoms with E-state index in [1.807, 2.05) is 26.1 Å². The van der Waals surface area contributed by atoms with Crippen LogP contribution < -0.4 is 10.7 Å². The number of anilines is 1. The molecule has 0 unspecified atom stereocenters. The summed E-state index contributed by atoms with van der Waals surface area (Å²) in [6.07, 6.45) is 9.67. The fourth-order valence-corrected chi connectivity index (χ4v) is 6.36. The predicted octanol–water partition coefficient (Wildman–Crippen LogP) is 4.76. The van der Waals surface area contributed by atoms with E-state index < -0.39 is 5.76 Å². The van der Waals surface area contributed by atoms with Gasteiger partial charge in [0.05, 0.1) is 21.7 Å². The van der Waals surface area contributed by atoms with Crippen molar-refractivity contribution in [2.45, 2.75) is 65.0 Å². The number of nitrogens with one attached hydrogen (secondary N) is 1. The van der Waals surface area contributed by atoms with Crippen molar-refractivity contribution in [3.05, 3.63) is 40.1 Å². The Morgan fingerprint density at radius 1 is 1.17 bits per heavy atom. The number of halogens is 1. The van der Waals surface area contributed by atoms with Crippen LogP contribution in [0.4, 0.5) is 5.95 Å². The van der Waals surface area contributed by atoms with E-state index in [9.17, 15) is 9.59 Å². The number of hydrogen-bond acceptors (Lipinski definition) is 8. The van der Waals surface area contributed by atoms with Crippen LogP contribution in [0, 0.1) is 11.8 Å². The molecule has 12 heteroatoms. The maximum absolute atomic E-state index is 13.4. The van der Waals surface area contributed by atoms with Crippen molar-refractivity contribution in [1.29, 1.82) is 0 Å². The smallest absolute Gasteiger partial charge is 0.344 e. The average molecular weight is 579 g/mol. The monoisotopic (exact) mass is 578 g/mol. The SMILES string of the molecule is CCN(C)C(=O)[C@H]1CCCN1c1nc2cc(-c3noc(=O)[nH]3)nc(-c3cncc(Cl)c3)c2n1CC1CCC(C)CC1. The Bertz CT molecular complexity index is 1620. The number of imidazole rings is 1. The molecule has 4 aromatic rings. The van der Waals surface area contributed by atoms with Crippen LogP contribution in [0.5, 0.6) is 0 Å². The van der Waals surface area contributed by atoms with Gasteiger partial charge in [0.2, 0.25) is 17.7 Å². The number of likely N-dealkylation sites (N-methyl/N-ethyl adjacent to an activating group) is 1. The van der Waals surface area contributed by atoms with Gasteiger partial charge in [-0.2, -0.15) is 0 Å². The molecule has 1 aliphatic carbocycles. The lowest BCUT2D eigenvalue weighted by atomic mass is 9.83. The first-order valence-electron chi connectivity index (χ1n) is 14.4. The van der Waals surface area contributed by atoms with Crippen LogP contribution in [0.1, 0.15) is 52.4 Å². The van der Waals surface area contributed by atoms with Crippen molar-refractivity contribution in [3.8, 4) is 22.8 Å². The Labute approximate surface area is 242 Å². The predicted molar refractivity (Wildman–Crippen MR) is 157 cm³/mol. The average Bonchev–Trinajstić information content (AvgIpc) is 3.71. The highest BCUT2D eigenvalue weighted by molar-refractivity contribution is 6.30. The number of amides is 1. The number of fused-ring (bicyclic) bond motifs is 1. The van der Waals surface area contributed by atoms with Crippen molar-refractivity contribution < 1.29 is 9.32 Å². The fraction of sp³-hybridized carbons (Fsp3) is 0.517. The number of aromatic nitrogens is 6. The molecule has 5 heterocycles. The van der Waals surface area contributed by atoms with Gasteiger partial charge in [-0.3, -0.25) is 19.3 Å². The van der Waals surface area contributed by atoms with E-state index in [4.69, 9.17) is 26.1 Å². The van der Waals surface area contributed by atoms with E-state index in [0.29, 0.717) is 34.4 Å². The number of H-pyrrole nitrogens is 1. The van der Waals surface area contributed by atoms with E-state index in [1.165, 1.54) is 12.8 Å². The molecular formula is C29H35ClN8O3. The topological polar surface area (TPSA) is 126 Å². The van der Waals surface area contributed by atoms with E-state index in [1.54, 1.807) is 17.3 Å². The van der Waals surface area contributed by atoms with Crippen LogP contribution in [0.25, 0.3) is 33.8 Å². The van der Waals surface area contributed by atoms with Crippen LogP contribution >= 0.6 is 11.6 Å². The van der Waals surface area contributed by atoms with Gasteiger partial charge >= 0.3 is 5.76 Å². The summed E-state index contributed by atoms with van der Waals surface area (Å²) in [6, 6.07) is 3.36. The zero-order valence-corrected chi connectivity index (χ0v) is 24.4. The van der Waals surface area contributed by atoms with Crippen molar-refractivity contribution in [2.24, 2.45) is 11.8 Å². The number of nitrogens with zero attached hydrogens (tertiary/aromatic N) is 7. The van der Waals surface area contributed by atoms with Gasteiger partial charge < -0.3 is 14.4 Å². The Kier molecular flexibility index (Phi) is 7.54. The standard InChI is InChI=1S/C29H35ClN8O3/c1-4-36(3)27(39)23-6-5-11-37(23)28-33-21-13-22(26-34-29(40)41-35-26)32-24(19-12-20(30)15-31-14-19)25(21)38(28)16-18-9-7-17(2)8-10-18/h12-15,17-18,23H,4-11,16H2,1-3H3,(H,34,35,40)/t17?,18?,23-/m1/s1. The molecule has 1 saturated carbocycles. The van der Waals surface area contributed by atoms with E-state index in [2.05, 4.69) is 31.5 Å². The number of carbonyl (C=O) groups excluding carboxylic acids is 1. The quantitative estimate of drug-likeness (QED) is 0.332. The third-order valence-corrected chi connectivity index (χ3v) is 8.79. The molecule has 216 valence electrons. The largest absolute Gasteiger partial charge is 0.439 e. The summed E-state index contributed by atoms with van der Waals surface area (Å²) in [4.78, 5) is 46.2. The fourth-order valence-electron chi connectivity index (χ4n) is 6.18. The van der Waals surface area contributed by atoms with Gasteiger partial charge in [0.25, 0.3) is 0 Å².